The van der Waals surface area contributed by atoms with Crippen molar-refractivity contribution in [3.8, 4) is 0 Å². The largest absolute Gasteiger partial charge is 0.467 e. The number of benzene rings is 1. The smallest absolute Gasteiger partial charge is 0.255 e. The molecule has 124 valence electrons. The van der Waals surface area contributed by atoms with E-state index in [1.807, 2.05) is 46.7 Å². The van der Waals surface area contributed by atoms with E-state index < -0.39 is 0 Å². The lowest BCUT2D eigenvalue weighted by atomic mass is 10.1. The van der Waals surface area contributed by atoms with Crippen molar-refractivity contribution in [3.63, 3.8) is 0 Å². The van der Waals surface area contributed by atoms with E-state index in [2.05, 4.69) is 18.4 Å². The lowest BCUT2D eigenvalue weighted by Gasteiger charge is -2.22. The Bertz CT molecular complexity index is 730. The van der Waals surface area contributed by atoms with Crippen LogP contribution in [0, 0.1) is 0 Å². The summed E-state index contributed by atoms with van der Waals surface area (Å²) in [6.07, 6.45) is 1.64. The molecule has 5 heteroatoms. The molecule has 0 N–H and O–H groups in total. The molecular weight excluding hydrogens is 338 g/mol. The molecule has 2 aromatic heterocycles. The zero-order valence-corrected chi connectivity index (χ0v) is 15.1. The standard InChI is InChI=1S/C19H19NO2S2/c1-2-24-18-8-4-3-7-17(18)19(21)20(12-15-9-11-23-14-15)13-16-6-5-10-22-16/h3-11,14H,2,12-13H2,1H3. The van der Waals surface area contributed by atoms with Crippen molar-refractivity contribution in [1.82, 2.24) is 4.90 Å². The minimum Gasteiger partial charge on any atom is -0.467 e. The van der Waals surface area contributed by atoms with Gasteiger partial charge in [0.25, 0.3) is 5.91 Å². The molecule has 0 bridgehead atoms. The number of thiophene rings is 1. The van der Waals surface area contributed by atoms with Gasteiger partial charge in [-0.3, -0.25) is 4.79 Å². The minimum atomic E-state index is 0.0363. The van der Waals surface area contributed by atoms with Gasteiger partial charge in [0.05, 0.1) is 18.4 Å². The Morgan fingerprint density at radius 1 is 1.17 bits per heavy atom. The molecule has 0 aliphatic heterocycles. The molecule has 3 rings (SSSR count). The molecule has 0 radical (unpaired) electrons. The second kappa shape index (κ2) is 8.22. The Labute approximate surface area is 150 Å². The van der Waals surface area contributed by atoms with Crippen LogP contribution >= 0.6 is 23.1 Å². The molecule has 1 amide bonds. The minimum absolute atomic E-state index is 0.0363. The van der Waals surface area contributed by atoms with E-state index in [-0.39, 0.29) is 5.91 Å². The van der Waals surface area contributed by atoms with Crippen LogP contribution in [-0.4, -0.2) is 16.6 Å². The van der Waals surface area contributed by atoms with Gasteiger partial charge in [0.2, 0.25) is 0 Å². The molecule has 0 aliphatic rings. The fourth-order valence-corrected chi connectivity index (χ4v) is 3.94. The van der Waals surface area contributed by atoms with Crippen molar-refractivity contribution >= 4 is 29.0 Å². The zero-order valence-electron chi connectivity index (χ0n) is 13.5. The second-order valence-electron chi connectivity index (χ2n) is 5.30. The van der Waals surface area contributed by atoms with Gasteiger partial charge in [-0.05, 0) is 52.4 Å². The van der Waals surface area contributed by atoms with Gasteiger partial charge in [-0.2, -0.15) is 11.3 Å². The van der Waals surface area contributed by atoms with Gasteiger partial charge in [-0.25, -0.2) is 0 Å². The molecule has 0 aliphatic carbocycles. The zero-order chi connectivity index (χ0) is 16.8. The van der Waals surface area contributed by atoms with Gasteiger partial charge >= 0.3 is 0 Å². The molecule has 0 spiro atoms. The summed E-state index contributed by atoms with van der Waals surface area (Å²) in [4.78, 5) is 16.0. The highest BCUT2D eigenvalue weighted by Crippen LogP contribution is 2.25. The summed E-state index contributed by atoms with van der Waals surface area (Å²) in [6.45, 7) is 3.14. The first-order valence-corrected chi connectivity index (χ1v) is 9.75. The van der Waals surface area contributed by atoms with Crippen molar-refractivity contribution in [1.29, 1.82) is 0 Å². The molecule has 0 atom stereocenters. The number of carbonyl (C=O) groups is 1. The fraction of sp³-hybridized carbons (Fsp3) is 0.211. The Balaban J connectivity index is 1.87. The Morgan fingerprint density at radius 2 is 2.04 bits per heavy atom. The highest BCUT2D eigenvalue weighted by Gasteiger charge is 2.20. The van der Waals surface area contributed by atoms with Gasteiger partial charge in [-0.15, -0.1) is 11.8 Å². The van der Waals surface area contributed by atoms with Gasteiger partial charge in [0.15, 0.2) is 0 Å². The number of hydrogen-bond donors (Lipinski definition) is 0. The number of hydrogen-bond acceptors (Lipinski definition) is 4. The third kappa shape index (κ3) is 4.10. The average molecular weight is 358 g/mol. The van der Waals surface area contributed by atoms with Gasteiger partial charge in [0, 0.05) is 11.4 Å². The van der Waals surface area contributed by atoms with Gasteiger partial charge < -0.3 is 9.32 Å². The number of rotatable bonds is 7. The number of thioether (sulfide) groups is 1. The number of carbonyl (C=O) groups excluding carboxylic acids is 1. The van der Waals surface area contributed by atoms with Crippen LogP contribution < -0.4 is 0 Å². The lowest BCUT2D eigenvalue weighted by molar-refractivity contribution is 0.0714. The molecule has 0 saturated carbocycles. The van der Waals surface area contributed by atoms with Crippen LogP contribution in [0.2, 0.25) is 0 Å². The van der Waals surface area contributed by atoms with Crippen LogP contribution in [0.25, 0.3) is 0 Å². The lowest BCUT2D eigenvalue weighted by Crippen LogP contribution is -2.30. The van der Waals surface area contributed by atoms with Crippen molar-refractivity contribution in [2.75, 3.05) is 5.75 Å². The van der Waals surface area contributed by atoms with Crippen molar-refractivity contribution in [3.05, 3.63) is 76.4 Å². The molecule has 1 aromatic carbocycles. The monoisotopic (exact) mass is 357 g/mol. The first-order chi connectivity index (χ1) is 11.8. The SMILES string of the molecule is CCSc1ccccc1C(=O)N(Cc1ccsc1)Cc1ccco1. The molecule has 2 heterocycles. The summed E-state index contributed by atoms with van der Waals surface area (Å²) < 4.78 is 5.45. The fourth-order valence-electron chi connectivity index (χ4n) is 2.49. The van der Waals surface area contributed by atoms with Gasteiger partial charge in [0.1, 0.15) is 5.76 Å². The van der Waals surface area contributed by atoms with Crippen LogP contribution in [0.3, 0.4) is 0 Å². The normalized spacial score (nSPS) is 10.7. The van der Waals surface area contributed by atoms with Crippen LogP contribution in [0.1, 0.15) is 28.6 Å². The maximum atomic E-state index is 13.2. The molecular formula is C19H19NO2S2. The number of furan rings is 1. The highest BCUT2D eigenvalue weighted by molar-refractivity contribution is 7.99. The van der Waals surface area contributed by atoms with Crippen LogP contribution in [-0.2, 0) is 13.1 Å². The maximum absolute atomic E-state index is 13.2. The van der Waals surface area contributed by atoms with Crippen molar-refractivity contribution in [2.24, 2.45) is 0 Å². The van der Waals surface area contributed by atoms with E-state index in [1.54, 1.807) is 29.4 Å². The van der Waals surface area contributed by atoms with Crippen LogP contribution in [0.5, 0.6) is 0 Å². The second-order valence-corrected chi connectivity index (χ2v) is 7.39. The Hall–Kier alpha value is -1.98. The van der Waals surface area contributed by atoms with Crippen LogP contribution in [0.4, 0.5) is 0 Å². The summed E-state index contributed by atoms with van der Waals surface area (Å²) in [5, 5.41) is 4.11. The summed E-state index contributed by atoms with van der Waals surface area (Å²) in [7, 11) is 0. The summed E-state index contributed by atoms with van der Waals surface area (Å²) in [5.74, 6) is 1.76. The van der Waals surface area contributed by atoms with Crippen molar-refractivity contribution < 1.29 is 9.21 Å². The summed E-state index contributed by atoms with van der Waals surface area (Å²) in [5.41, 5.74) is 1.90. The van der Waals surface area contributed by atoms with Crippen molar-refractivity contribution in [2.45, 2.75) is 24.9 Å². The first kappa shape index (κ1) is 16.9. The van der Waals surface area contributed by atoms with Gasteiger partial charge in [-0.1, -0.05) is 19.1 Å². The topological polar surface area (TPSA) is 33.5 Å². The molecule has 0 fully saturated rings. The maximum Gasteiger partial charge on any atom is 0.255 e. The molecule has 3 nitrogen and oxygen atoms in total. The predicted octanol–water partition coefficient (Wildman–Crippen LogP) is 5.30. The molecule has 24 heavy (non-hydrogen) atoms. The number of nitrogens with zero attached hydrogens (tertiary/aromatic N) is 1. The third-order valence-corrected chi connectivity index (χ3v) is 5.27. The van der Waals surface area contributed by atoms with E-state index in [9.17, 15) is 4.79 Å². The van der Waals surface area contributed by atoms with Crippen LogP contribution in [0.15, 0.2) is 68.8 Å². The highest BCUT2D eigenvalue weighted by atomic mass is 32.2. The van der Waals surface area contributed by atoms with E-state index >= 15 is 0 Å². The van der Waals surface area contributed by atoms with E-state index in [4.69, 9.17) is 4.42 Å². The number of amides is 1. The third-order valence-electron chi connectivity index (χ3n) is 3.58. The summed E-state index contributed by atoms with van der Waals surface area (Å²) >= 11 is 3.34. The van der Waals surface area contributed by atoms with E-state index in [0.29, 0.717) is 13.1 Å². The average Bonchev–Trinajstić information content (AvgIpc) is 3.28. The summed E-state index contributed by atoms with van der Waals surface area (Å²) in [6, 6.07) is 13.6. The van der Waals surface area contributed by atoms with E-state index in [1.165, 1.54) is 0 Å². The Morgan fingerprint density at radius 3 is 2.75 bits per heavy atom. The first-order valence-electron chi connectivity index (χ1n) is 7.82. The van der Waals surface area contributed by atoms with E-state index in [0.717, 1.165) is 27.5 Å². The molecule has 0 saturated heterocycles. The Kier molecular flexibility index (Phi) is 5.77. The molecule has 3 aromatic rings. The predicted molar refractivity (Wildman–Crippen MR) is 99.4 cm³/mol. The molecule has 0 unspecified atom stereocenters. The quantitative estimate of drug-likeness (QED) is 0.538.